The Bertz CT molecular complexity index is 139. The fourth-order valence-electron chi connectivity index (χ4n) is 1.42. The van der Waals surface area contributed by atoms with Crippen molar-refractivity contribution in [1.29, 1.82) is 0 Å². The van der Waals surface area contributed by atoms with Gasteiger partial charge in [0.05, 0.1) is 0 Å². The maximum absolute atomic E-state index is 10.5. The third kappa shape index (κ3) is 5.16. The predicted octanol–water partition coefficient (Wildman–Crippen LogP) is 2.78. The number of hydrogen-bond donors (Lipinski definition) is 1. The molecule has 0 aromatic carbocycles. The van der Waals surface area contributed by atoms with E-state index in [0.29, 0.717) is 24.2 Å². The van der Waals surface area contributed by atoms with Crippen molar-refractivity contribution in [2.75, 3.05) is 0 Å². The van der Waals surface area contributed by atoms with Crippen LogP contribution in [0.5, 0.6) is 0 Å². The average molecular weight is 172 g/mol. The highest BCUT2D eigenvalue weighted by Gasteiger charge is 2.17. The first kappa shape index (κ1) is 11.5. The summed E-state index contributed by atoms with van der Waals surface area (Å²) >= 11 is 0. The summed E-state index contributed by atoms with van der Waals surface area (Å²) in [7, 11) is 0. The molecule has 0 aromatic rings. The van der Waals surface area contributed by atoms with Gasteiger partial charge in [-0.3, -0.25) is 4.79 Å². The zero-order valence-corrected chi connectivity index (χ0v) is 8.50. The molecule has 0 heterocycles. The lowest BCUT2D eigenvalue weighted by Crippen LogP contribution is -2.15. The highest BCUT2D eigenvalue weighted by Crippen LogP contribution is 2.23. The zero-order chi connectivity index (χ0) is 9.72. The fraction of sp³-hybridized carbons (Fsp3) is 0.900. The van der Waals surface area contributed by atoms with Crippen molar-refractivity contribution in [3.8, 4) is 0 Å². The molecule has 1 N–H and O–H groups in total. The van der Waals surface area contributed by atoms with Gasteiger partial charge in [-0.25, -0.2) is 0 Å². The second-order valence-corrected chi connectivity index (χ2v) is 4.23. The van der Waals surface area contributed by atoms with Crippen molar-refractivity contribution in [3.05, 3.63) is 0 Å². The number of hydrogen-bond acceptors (Lipinski definition) is 1. The molecular weight excluding hydrogens is 152 g/mol. The predicted molar refractivity (Wildman–Crippen MR) is 50.0 cm³/mol. The van der Waals surface area contributed by atoms with Crippen LogP contribution in [0.3, 0.4) is 0 Å². The molecule has 72 valence electrons. The summed E-state index contributed by atoms with van der Waals surface area (Å²) in [5, 5.41) is 8.65. The second-order valence-electron chi connectivity index (χ2n) is 4.23. The van der Waals surface area contributed by atoms with Gasteiger partial charge in [0.15, 0.2) is 0 Å². The monoisotopic (exact) mass is 172 g/mol. The largest absolute Gasteiger partial charge is 0.481 e. The molecule has 1 atom stereocenters. The van der Waals surface area contributed by atoms with E-state index in [-0.39, 0.29) is 0 Å². The van der Waals surface area contributed by atoms with Crippen molar-refractivity contribution in [1.82, 2.24) is 0 Å². The molecular formula is C10H20O2. The Morgan fingerprint density at radius 1 is 1.25 bits per heavy atom. The molecule has 0 aliphatic rings. The molecule has 12 heavy (non-hydrogen) atoms. The summed E-state index contributed by atoms with van der Waals surface area (Å²) in [5.41, 5.74) is 0. The molecule has 0 unspecified atom stereocenters. The van der Waals surface area contributed by atoms with Crippen LogP contribution in [0.4, 0.5) is 0 Å². The van der Waals surface area contributed by atoms with Crippen LogP contribution in [0, 0.1) is 17.8 Å². The Morgan fingerprint density at radius 3 is 2.00 bits per heavy atom. The smallest absolute Gasteiger partial charge is 0.303 e. The minimum absolute atomic E-state index is 0.315. The molecule has 0 spiro atoms. The summed E-state index contributed by atoms with van der Waals surface area (Å²) in [5.74, 6) is 0.733. The van der Waals surface area contributed by atoms with E-state index >= 15 is 0 Å². The van der Waals surface area contributed by atoms with E-state index in [1.165, 1.54) is 0 Å². The molecule has 0 radical (unpaired) electrons. The van der Waals surface area contributed by atoms with E-state index in [9.17, 15) is 4.79 Å². The molecule has 2 heteroatoms. The number of carboxylic acid groups (broad SMARTS) is 1. The lowest BCUT2D eigenvalue weighted by molar-refractivity contribution is -0.138. The minimum atomic E-state index is -0.672. The van der Waals surface area contributed by atoms with Crippen LogP contribution in [-0.4, -0.2) is 11.1 Å². The molecule has 0 saturated carbocycles. The van der Waals surface area contributed by atoms with Gasteiger partial charge in [-0.1, -0.05) is 27.7 Å². The van der Waals surface area contributed by atoms with Crippen LogP contribution in [0.25, 0.3) is 0 Å². The van der Waals surface area contributed by atoms with Crippen molar-refractivity contribution in [2.45, 2.75) is 40.5 Å². The molecule has 2 nitrogen and oxygen atoms in total. The Hall–Kier alpha value is -0.530. The van der Waals surface area contributed by atoms with Gasteiger partial charge < -0.3 is 5.11 Å². The van der Waals surface area contributed by atoms with E-state index in [0.717, 1.165) is 6.42 Å². The van der Waals surface area contributed by atoms with Crippen LogP contribution < -0.4 is 0 Å². The Kier molecular flexibility index (Phi) is 4.95. The van der Waals surface area contributed by atoms with Gasteiger partial charge in [0.1, 0.15) is 0 Å². The Morgan fingerprint density at radius 2 is 1.75 bits per heavy atom. The third-order valence-electron chi connectivity index (χ3n) is 2.15. The lowest BCUT2D eigenvalue weighted by Gasteiger charge is -2.20. The van der Waals surface area contributed by atoms with Crippen LogP contribution in [0.15, 0.2) is 0 Å². The highest BCUT2D eigenvalue weighted by atomic mass is 16.4. The van der Waals surface area contributed by atoms with E-state index in [4.69, 9.17) is 5.11 Å². The van der Waals surface area contributed by atoms with Gasteiger partial charge in [0.2, 0.25) is 0 Å². The summed E-state index contributed by atoms with van der Waals surface area (Å²) in [6, 6.07) is 0. The summed E-state index contributed by atoms with van der Waals surface area (Å²) < 4.78 is 0. The van der Waals surface area contributed by atoms with E-state index < -0.39 is 5.97 Å². The van der Waals surface area contributed by atoms with Gasteiger partial charge in [0, 0.05) is 6.42 Å². The molecule has 0 rings (SSSR count). The van der Waals surface area contributed by atoms with Crippen LogP contribution in [-0.2, 0) is 4.79 Å². The van der Waals surface area contributed by atoms with Gasteiger partial charge in [0.25, 0.3) is 0 Å². The topological polar surface area (TPSA) is 37.3 Å². The average Bonchev–Trinajstić information content (AvgIpc) is 1.83. The van der Waals surface area contributed by atoms with Gasteiger partial charge in [-0.05, 0) is 24.2 Å². The molecule has 0 fully saturated rings. The highest BCUT2D eigenvalue weighted by molar-refractivity contribution is 5.67. The van der Waals surface area contributed by atoms with Crippen molar-refractivity contribution in [2.24, 2.45) is 17.8 Å². The van der Waals surface area contributed by atoms with Gasteiger partial charge in [-0.15, -0.1) is 0 Å². The van der Waals surface area contributed by atoms with Crippen molar-refractivity contribution < 1.29 is 9.90 Å². The maximum atomic E-state index is 10.5. The normalized spacial score (nSPS) is 13.8. The first-order valence-electron chi connectivity index (χ1n) is 4.65. The molecule has 0 aliphatic carbocycles. The van der Waals surface area contributed by atoms with Gasteiger partial charge in [-0.2, -0.15) is 0 Å². The third-order valence-corrected chi connectivity index (χ3v) is 2.15. The maximum Gasteiger partial charge on any atom is 0.303 e. The lowest BCUT2D eigenvalue weighted by atomic mass is 9.85. The van der Waals surface area contributed by atoms with Crippen molar-refractivity contribution >= 4 is 5.97 Å². The second kappa shape index (κ2) is 5.18. The zero-order valence-electron chi connectivity index (χ0n) is 8.50. The Balaban J connectivity index is 3.95. The summed E-state index contributed by atoms with van der Waals surface area (Å²) in [6.07, 6.45) is 1.33. The number of carboxylic acids is 1. The number of carbonyl (C=O) groups is 1. The first-order valence-corrected chi connectivity index (χ1v) is 4.65. The van der Waals surface area contributed by atoms with Crippen LogP contribution in [0.2, 0.25) is 0 Å². The summed E-state index contributed by atoms with van der Waals surface area (Å²) in [6.45, 7) is 8.46. The molecule has 0 saturated heterocycles. The quantitative estimate of drug-likeness (QED) is 0.692. The summed E-state index contributed by atoms with van der Waals surface area (Å²) in [4.78, 5) is 10.5. The standard InChI is InChI=1S/C10H20O2/c1-7(2)5-9(8(3)4)6-10(11)12/h7-9H,5-6H2,1-4H3,(H,11,12)/t9-/m0/s1. The van der Waals surface area contributed by atoms with Gasteiger partial charge >= 0.3 is 5.97 Å². The van der Waals surface area contributed by atoms with E-state index in [1.807, 2.05) is 0 Å². The molecule has 0 aliphatic heterocycles. The SMILES string of the molecule is CC(C)C[C@@H](CC(=O)O)C(C)C. The first-order chi connectivity index (χ1) is 5.43. The molecule has 0 amide bonds. The minimum Gasteiger partial charge on any atom is -0.481 e. The number of rotatable bonds is 5. The van der Waals surface area contributed by atoms with Crippen molar-refractivity contribution in [3.63, 3.8) is 0 Å². The fourth-order valence-corrected chi connectivity index (χ4v) is 1.42. The molecule has 0 bridgehead atoms. The number of aliphatic carboxylic acids is 1. The van der Waals surface area contributed by atoms with Crippen LogP contribution in [0.1, 0.15) is 40.5 Å². The Labute approximate surface area is 75.0 Å². The van der Waals surface area contributed by atoms with Crippen LogP contribution >= 0.6 is 0 Å². The van der Waals surface area contributed by atoms with E-state index in [2.05, 4.69) is 27.7 Å². The van der Waals surface area contributed by atoms with E-state index in [1.54, 1.807) is 0 Å². The molecule has 0 aromatic heterocycles.